The molecule has 0 rings (SSSR count). The van der Waals surface area contributed by atoms with E-state index in [1.807, 2.05) is 0 Å². The molecule has 0 saturated carbocycles. The van der Waals surface area contributed by atoms with Gasteiger partial charge >= 0.3 is 10.4 Å². The third-order valence-corrected chi connectivity index (χ3v) is 5.90. The Hall–Kier alpha value is -0.660. The number of nitrogens with one attached hydrogen (secondary N) is 1. The largest absolute Gasteiger partial charge is 0.397 e. The van der Waals surface area contributed by atoms with Crippen LogP contribution in [-0.4, -0.2) is 31.5 Å². The third-order valence-electron chi connectivity index (χ3n) is 5.33. The van der Waals surface area contributed by atoms with Crippen LogP contribution in [0.5, 0.6) is 0 Å². The van der Waals surface area contributed by atoms with E-state index in [0.29, 0.717) is 25.8 Å². The minimum absolute atomic E-state index is 0.0479. The zero-order chi connectivity index (χ0) is 22.7. The predicted octanol–water partition coefficient (Wildman–Crippen LogP) is 6.21. The van der Waals surface area contributed by atoms with Crippen molar-refractivity contribution in [2.75, 3.05) is 6.54 Å². The van der Waals surface area contributed by atoms with Gasteiger partial charge in [0, 0.05) is 13.0 Å². The number of hydrogen-bond acceptors (Lipinski definition) is 4. The van der Waals surface area contributed by atoms with Crippen LogP contribution < -0.4 is 5.32 Å². The lowest BCUT2D eigenvalue weighted by Gasteiger charge is -2.10. The molecule has 0 fully saturated rings. The number of amides is 1. The average molecular weight is 450 g/mol. The Labute approximate surface area is 185 Å². The van der Waals surface area contributed by atoms with E-state index in [1.165, 1.54) is 70.6 Å². The van der Waals surface area contributed by atoms with Gasteiger partial charge in [0.15, 0.2) is 0 Å². The highest BCUT2D eigenvalue weighted by Crippen LogP contribution is 2.14. The zero-order valence-electron chi connectivity index (χ0n) is 19.7. The molecule has 1 unspecified atom stereocenters. The number of hydrogen-bond donors (Lipinski definition) is 2. The molecule has 1 amide bonds. The molecule has 180 valence electrons. The first kappa shape index (κ1) is 29.3. The van der Waals surface area contributed by atoms with Crippen molar-refractivity contribution in [2.45, 2.75) is 130 Å². The second kappa shape index (κ2) is 19.1. The molecular weight excluding hydrogens is 402 g/mol. The van der Waals surface area contributed by atoms with Crippen molar-refractivity contribution in [3.63, 3.8) is 0 Å². The molecule has 2 N–H and O–H groups in total. The van der Waals surface area contributed by atoms with E-state index >= 15 is 0 Å². The highest BCUT2D eigenvalue weighted by molar-refractivity contribution is 7.80. The van der Waals surface area contributed by atoms with Crippen LogP contribution in [0.2, 0.25) is 0 Å². The van der Waals surface area contributed by atoms with Crippen molar-refractivity contribution in [3.05, 3.63) is 0 Å². The predicted molar refractivity (Wildman–Crippen MR) is 124 cm³/mol. The van der Waals surface area contributed by atoms with Gasteiger partial charge in [0.05, 0.1) is 6.10 Å². The van der Waals surface area contributed by atoms with E-state index in [0.717, 1.165) is 18.8 Å². The quantitative estimate of drug-likeness (QED) is 0.160. The van der Waals surface area contributed by atoms with Crippen LogP contribution in [0.25, 0.3) is 0 Å². The Bertz CT molecular complexity index is 508. The smallest absolute Gasteiger partial charge is 0.356 e. The molecule has 0 aliphatic rings. The summed E-state index contributed by atoms with van der Waals surface area (Å²) >= 11 is 0. The molecule has 0 aromatic heterocycles. The van der Waals surface area contributed by atoms with Gasteiger partial charge in [-0.3, -0.25) is 9.35 Å². The van der Waals surface area contributed by atoms with Gasteiger partial charge in [0.25, 0.3) is 0 Å². The van der Waals surface area contributed by atoms with Crippen molar-refractivity contribution in [1.29, 1.82) is 0 Å². The second-order valence-electron chi connectivity index (χ2n) is 9.00. The monoisotopic (exact) mass is 449 g/mol. The number of carbonyl (C=O) groups is 1. The van der Waals surface area contributed by atoms with Crippen LogP contribution in [-0.2, 0) is 19.4 Å². The summed E-state index contributed by atoms with van der Waals surface area (Å²) in [6, 6.07) is 0. The first-order chi connectivity index (χ1) is 14.2. The maximum atomic E-state index is 11.8. The SMILES string of the molecule is CC(C)CCCCCCCCCCCCCCC(=O)NCCCC(C)OS(=O)(=O)O. The first-order valence-corrected chi connectivity index (χ1v) is 13.5. The molecular formula is C23H47NO5S. The molecule has 0 radical (unpaired) electrons. The molecule has 0 saturated heterocycles. The summed E-state index contributed by atoms with van der Waals surface area (Å²) in [5.74, 6) is 0.892. The Morgan fingerprint density at radius 2 is 1.23 bits per heavy atom. The van der Waals surface area contributed by atoms with Crippen LogP contribution in [0.4, 0.5) is 0 Å². The molecule has 0 aliphatic heterocycles. The fourth-order valence-corrected chi connectivity index (χ4v) is 4.08. The molecule has 0 spiro atoms. The minimum atomic E-state index is -4.40. The van der Waals surface area contributed by atoms with Gasteiger partial charge < -0.3 is 5.32 Å². The summed E-state index contributed by atoms with van der Waals surface area (Å²) in [6.45, 7) is 6.67. The molecule has 0 aromatic carbocycles. The topological polar surface area (TPSA) is 92.7 Å². The van der Waals surface area contributed by atoms with Crippen molar-refractivity contribution in [1.82, 2.24) is 5.32 Å². The van der Waals surface area contributed by atoms with E-state index in [2.05, 4.69) is 23.3 Å². The normalized spacial score (nSPS) is 13.0. The lowest BCUT2D eigenvalue weighted by atomic mass is 10.0. The zero-order valence-corrected chi connectivity index (χ0v) is 20.5. The van der Waals surface area contributed by atoms with Gasteiger partial charge in [0.1, 0.15) is 0 Å². The molecule has 7 heteroatoms. The van der Waals surface area contributed by atoms with Crippen molar-refractivity contribution in [3.8, 4) is 0 Å². The third kappa shape index (κ3) is 23.6. The van der Waals surface area contributed by atoms with Gasteiger partial charge in [-0.15, -0.1) is 0 Å². The molecule has 0 heterocycles. The summed E-state index contributed by atoms with van der Waals surface area (Å²) in [7, 11) is -4.40. The molecule has 0 bridgehead atoms. The number of rotatable bonds is 21. The summed E-state index contributed by atoms with van der Waals surface area (Å²) in [5, 5.41) is 2.84. The molecule has 0 aliphatic carbocycles. The van der Waals surface area contributed by atoms with Crippen LogP contribution in [0.1, 0.15) is 124 Å². The first-order valence-electron chi connectivity index (χ1n) is 12.1. The van der Waals surface area contributed by atoms with Crippen LogP contribution in [0.3, 0.4) is 0 Å². The Morgan fingerprint density at radius 1 is 0.767 bits per heavy atom. The Kier molecular flexibility index (Phi) is 18.6. The van der Waals surface area contributed by atoms with E-state index in [1.54, 1.807) is 6.92 Å². The molecule has 1 atom stereocenters. The van der Waals surface area contributed by atoms with E-state index in [9.17, 15) is 13.2 Å². The highest BCUT2D eigenvalue weighted by atomic mass is 32.3. The van der Waals surface area contributed by atoms with Crippen LogP contribution >= 0.6 is 0 Å². The van der Waals surface area contributed by atoms with Crippen molar-refractivity contribution in [2.24, 2.45) is 5.92 Å². The fraction of sp³-hybridized carbons (Fsp3) is 0.957. The summed E-state index contributed by atoms with van der Waals surface area (Å²) in [6.07, 6.45) is 17.8. The van der Waals surface area contributed by atoms with Gasteiger partial charge in [-0.05, 0) is 32.1 Å². The lowest BCUT2D eigenvalue weighted by molar-refractivity contribution is -0.121. The Balaban J connectivity index is 3.30. The maximum absolute atomic E-state index is 11.8. The average Bonchev–Trinajstić information content (AvgIpc) is 2.64. The van der Waals surface area contributed by atoms with Gasteiger partial charge in [-0.25, -0.2) is 4.18 Å². The lowest BCUT2D eigenvalue weighted by Crippen LogP contribution is -2.25. The van der Waals surface area contributed by atoms with E-state index < -0.39 is 16.5 Å². The van der Waals surface area contributed by atoms with Crippen molar-refractivity contribution < 1.29 is 21.9 Å². The van der Waals surface area contributed by atoms with Crippen LogP contribution in [0.15, 0.2) is 0 Å². The Morgan fingerprint density at radius 3 is 1.70 bits per heavy atom. The van der Waals surface area contributed by atoms with Crippen molar-refractivity contribution >= 4 is 16.3 Å². The highest BCUT2D eigenvalue weighted by Gasteiger charge is 2.11. The molecule has 6 nitrogen and oxygen atoms in total. The molecule has 0 aromatic rings. The van der Waals surface area contributed by atoms with Crippen LogP contribution in [0, 0.1) is 5.92 Å². The van der Waals surface area contributed by atoms with Gasteiger partial charge in [0.2, 0.25) is 5.91 Å². The minimum Gasteiger partial charge on any atom is -0.356 e. The summed E-state index contributed by atoms with van der Waals surface area (Å²) in [5.41, 5.74) is 0. The van der Waals surface area contributed by atoms with Gasteiger partial charge in [-0.1, -0.05) is 90.9 Å². The maximum Gasteiger partial charge on any atom is 0.397 e. The van der Waals surface area contributed by atoms with Gasteiger partial charge in [-0.2, -0.15) is 8.42 Å². The summed E-state index contributed by atoms with van der Waals surface area (Å²) < 4.78 is 34.1. The van der Waals surface area contributed by atoms with E-state index in [-0.39, 0.29) is 5.91 Å². The second-order valence-corrected chi connectivity index (χ2v) is 10.0. The number of carbonyl (C=O) groups excluding carboxylic acids is 1. The number of unbranched alkanes of at least 4 members (excludes halogenated alkanes) is 11. The summed E-state index contributed by atoms with van der Waals surface area (Å²) in [4.78, 5) is 11.8. The molecule has 30 heavy (non-hydrogen) atoms. The standard InChI is InChI=1S/C23H47NO5S/c1-21(2)17-14-12-10-8-6-4-5-7-9-11-13-15-19-23(25)24-20-16-18-22(3)29-30(26,27)28/h21-22H,4-20H2,1-3H3,(H,24,25)(H,26,27,28). The van der Waals surface area contributed by atoms with E-state index in [4.69, 9.17) is 4.55 Å². The fourth-order valence-electron chi connectivity index (χ4n) is 3.57.